The van der Waals surface area contributed by atoms with Crippen molar-refractivity contribution in [3.05, 3.63) is 45.4 Å². The lowest BCUT2D eigenvalue weighted by Gasteiger charge is -2.27. The highest BCUT2D eigenvalue weighted by Crippen LogP contribution is 2.40. The van der Waals surface area contributed by atoms with Gasteiger partial charge in [0.1, 0.15) is 10.0 Å². The van der Waals surface area contributed by atoms with Gasteiger partial charge in [0.25, 0.3) is 0 Å². The van der Waals surface area contributed by atoms with E-state index in [9.17, 15) is 0 Å². The van der Waals surface area contributed by atoms with Crippen LogP contribution in [0.4, 0.5) is 0 Å². The van der Waals surface area contributed by atoms with Gasteiger partial charge in [0.15, 0.2) is 0 Å². The molecule has 1 atom stereocenters. The molecule has 1 aromatic heterocycles. The van der Waals surface area contributed by atoms with E-state index in [4.69, 9.17) is 4.74 Å². The van der Waals surface area contributed by atoms with Crippen molar-refractivity contribution in [2.75, 3.05) is 20.3 Å². The first-order valence-corrected chi connectivity index (χ1v) is 7.30. The first kappa shape index (κ1) is 12.7. The van der Waals surface area contributed by atoms with Crippen LogP contribution in [0.3, 0.4) is 0 Å². The SMILES string of the molecule is COCCNCc1nnc(C2Cc3ccccc32)s1. The number of ether oxygens (including phenoxy) is 1. The number of rotatable bonds is 6. The van der Waals surface area contributed by atoms with Crippen molar-refractivity contribution < 1.29 is 4.74 Å². The van der Waals surface area contributed by atoms with Gasteiger partial charge in [-0.1, -0.05) is 35.6 Å². The Balaban J connectivity index is 1.60. The van der Waals surface area contributed by atoms with Gasteiger partial charge in [0.2, 0.25) is 0 Å². The molecule has 19 heavy (non-hydrogen) atoms. The molecule has 1 N–H and O–H groups in total. The average molecular weight is 275 g/mol. The normalized spacial score (nSPS) is 17.0. The van der Waals surface area contributed by atoms with Gasteiger partial charge in [0.05, 0.1) is 6.61 Å². The molecule has 0 bridgehead atoms. The summed E-state index contributed by atoms with van der Waals surface area (Å²) in [5, 5.41) is 14.1. The molecule has 0 amide bonds. The Bertz CT molecular complexity index is 555. The predicted molar refractivity (Wildman–Crippen MR) is 75.5 cm³/mol. The summed E-state index contributed by atoms with van der Waals surface area (Å²) in [6.45, 7) is 2.34. The third-order valence-electron chi connectivity index (χ3n) is 3.39. The summed E-state index contributed by atoms with van der Waals surface area (Å²) < 4.78 is 4.99. The van der Waals surface area contributed by atoms with Gasteiger partial charge in [-0.2, -0.15) is 0 Å². The lowest BCUT2D eigenvalue weighted by atomic mass is 9.78. The second kappa shape index (κ2) is 5.77. The number of hydrogen-bond acceptors (Lipinski definition) is 5. The minimum absolute atomic E-state index is 0.460. The van der Waals surface area contributed by atoms with E-state index in [-0.39, 0.29) is 0 Å². The van der Waals surface area contributed by atoms with Crippen molar-refractivity contribution in [3.8, 4) is 0 Å². The second-order valence-corrected chi connectivity index (χ2v) is 5.75. The number of fused-ring (bicyclic) bond motifs is 1. The molecule has 1 aliphatic carbocycles. The van der Waals surface area contributed by atoms with E-state index < -0.39 is 0 Å². The monoisotopic (exact) mass is 275 g/mol. The maximum Gasteiger partial charge on any atom is 0.131 e. The molecule has 0 fully saturated rings. The van der Waals surface area contributed by atoms with Crippen molar-refractivity contribution in [3.63, 3.8) is 0 Å². The summed E-state index contributed by atoms with van der Waals surface area (Å²) in [5.41, 5.74) is 2.86. The summed E-state index contributed by atoms with van der Waals surface area (Å²) >= 11 is 1.71. The van der Waals surface area contributed by atoms with Crippen LogP contribution < -0.4 is 5.32 Å². The highest BCUT2D eigenvalue weighted by molar-refractivity contribution is 7.11. The van der Waals surface area contributed by atoms with Crippen LogP contribution in [0, 0.1) is 0 Å². The van der Waals surface area contributed by atoms with Gasteiger partial charge >= 0.3 is 0 Å². The fraction of sp³-hybridized carbons (Fsp3) is 0.429. The van der Waals surface area contributed by atoms with E-state index in [0.717, 1.165) is 36.1 Å². The highest BCUT2D eigenvalue weighted by atomic mass is 32.1. The van der Waals surface area contributed by atoms with Crippen LogP contribution in [0.2, 0.25) is 0 Å². The Hall–Kier alpha value is -1.30. The van der Waals surface area contributed by atoms with Crippen molar-refractivity contribution >= 4 is 11.3 Å². The van der Waals surface area contributed by atoms with Crippen LogP contribution in [0.5, 0.6) is 0 Å². The molecule has 3 rings (SSSR count). The zero-order valence-electron chi connectivity index (χ0n) is 10.9. The van der Waals surface area contributed by atoms with Crippen molar-refractivity contribution in [2.24, 2.45) is 0 Å². The lowest BCUT2D eigenvalue weighted by Crippen LogP contribution is -2.18. The summed E-state index contributed by atoms with van der Waals surface area (Å²) in [4.78, 5) is 0. The minimum Gasteiger partial charge on any atom is -0.383 e. The largest absolute Gasteiger partial charge is 0.383 e. The molecular weight excluding hydrogens is 258 g/mol. The molecule has 0 saturated carbocycles. The molecule has 0 aliphatic heterocycles. The first-order chi connectivity index (χ1) is 9.38. The van der Waals surface area contributed by atoms with Crippen LogP contribution in [0.25, 0.3) is 0 Å². The molecule has 5 heteroatoms. The summed E-state index contributed by atoms with van der Waals surface area (Å²) in [5.74, 6) is 0.460. The Morgan fingerprint density at radius 2 is 2.26 bits per heavy atom. The van der Waals surface area contributed by atoms with Gasteiger partial charge in [-0.25, -0.2) is 0 Å². The number of aromatic nitrogens is 2. The van der Waals surface area contributed by atoms with Crippen molar-refractivity contribution in [1.82, 2.24) is 15.5 Å². The van der Waals surface area contributed by atoms with E-state index in [1.807, 2.05) is 0 Å². The molecule has 1 unspecified atom stereocenters. The summed E-state index contributed by atoms with van der Waals surface area (Å²) in [7, 11) is 1.71. The highest BCUT2D eigenvalue weighted by Gasteiger charge is 2.29. The molecule has 1 aromatic carbocycles. The first-order valence-electron chi connectivity index (χ1n) is 6.48. The van der Waals surface area contributed by atoms with E-state index >= 15 is 0 Å². The van der Waals surface area contributed by atoms with E-state index in [2.05, 4.69) is 39.8 Å². The Morgan fingerprint density at radius 1 is 1.37 bits per heavy atom. The van der Waals surface area contributed by atoms with Crippen LogP contribution in [-0.2, 0) is 17.7 Å². The molecule has 1 heterocycles. The molecule has 0 radical (unpaired) electrons. The molecule has 0 spiro atoms. The average Bonchev–Trinajstić information content (AvgIpc) is 2.85. The van der Waals surface area contributed by atoms with Crippen LogP contribution >= 0.6 is 11.3 Å². The topological polar surface area (TPSA) is 47.0 Å². The zero-order valence-corrected chi connectivity index (χ0v) is 11.7. The maximum atomic E-state index is 4.99. The third kappa shape index (κ3) is 2.68. The Morgan fingerprint density at radius 3 is 3.11 bits per heavy atom. The molecular formula is C14H17N3OS. The van der Waals surface area contributed by atoms with Crippen LogP contribution in [0.15, 0.2) is 24.3 Å². The summed E-state index contributed by atoms with van der Waals surface area (Å²) in [6.07, 6.45) is 1.10. The van der Waals surface area contributed by atoms with E-state index in [0.29, 0.717) is 5.92 Å². The quantitative estimate of drug-likeness (QED) is 0.819. The van der Waals surface area contributed by atoms with Gasteiger partial charge in [-0.05, 0) is 17.5 Å². The Labute approximate surface area is 116 Å². The third-order valence-corrected chi connectivity index (χ3v) is 4.43. The second-order valence-electron chi connectivity index (χ2n) is 4.66. The number of hydrogen-bond donors (Lipinski definition) is 1. The molecule has 2 aromatic rings. The van der Waals surface area contributed by atoms with E-state index in [1.54, 1.807) is 18.4 Å². The molecule has 0 saturated heterocycles. The number of benzene rings is 1. The molecule has 4 nitrogen and oxygen atoms in total. The molecule has 100 valence electrons. The van der Waals surface area contributed by atoms with Gasteiger partial charge < -0.3 is 10.1 Å². The lowest BCUT2D eigenvalue weighted by molar-refractivity contribution is 0.199. The smallest absolute Gasteiger partial charge is 0.131 e. The molecule has 1 aliphatic rings. The van der Waals surface area contributed by atoms with Crippen molar-refractivity contribution in [2.45, 2.75) is 18.9 Å². The maximum absolute atomic E-state index is 4.99. The van der Waals surface area contributed by atoms with Crippen LogP contribution in [-0.4, -0.2) is 30.5 Å². The van der Waals surface area contributed by atoms with E-state index in [1.165, 1.54) is 11.1 Å². The van der Waals surface area contributed by atoms with Gasteiger partial charge in [-0.15, -0.1) is 10.2 Å². The number of methoxy groups -OCH3 is 1. The zero-order chi connectivity index (χ0) is 13.1. The van der Waals surface area contributed by atoms with Crippen LogP contribution in [0.1, 0.15) is 27.1 Å². The fourth-order valence-corrected chi connectivity index (χ4v) is 3.26. The fourth-order valence-electron chi connectivity index (χ4n) is 2.33. The summed E-state index contributed by atoms with van der Waals surface area (Å²) in [6, 6.07) is 8.58. The predicted octanol–water partition coefficient (Wildman–Crippen LogP) is 1.96. The van der Waals surface area contributed by atoms with Crippen molar-refractivity contribution in [1.29, 1.82) is 0 Å². The standard InChI is InChI=1S/C14H17N3OS/c1-18-7-6-15-9-13-16-17-14(19-13)12-8-10-4-2-3-5-11(10)12/h2-5,12,15H,6-9H2,1H3. The number of nitrogens with zero attached hydrogens (tertiary/aromatic N) is 2. The van der Waals surface area contributed by atoms with Gasteiger partial charge in [-0.3, -0.25) is 0 Å². The Kier molecular flexibility index (Phi) is 3.87. The van der Waals surface area contributed by atoms with Gasteiger partial charge in [0, 0.05) is 26.1 Å². The minimum atomic E-state index is 0.460. The number of nitrogens with one attached hydrogen (secondary N) is 1.